The minimum absolute atomic E-state index is 0.0476. The van der Waals surface area contributed by atoms with Crippen LogP contribution in [0.15, 0.2) is 0 Å². The molecule has 0 unspecified atom stereocenters. The molecule has 5 nitrogen and oxygen atoms in total. The van der Waals surface area contributed by atoms with Crippen molar-refractivity contribution in [1.29, 1.82) is 0 Å². The zero-order chi connectivity index (χ0) is 22.2. The first-order chi connectivity index (χ1) is 13.7. The van der Waals surface area contributed by atoms with Crippen LogP contribution in [-0.4, -0.2) is 66.7 Å². The van der Waals surface area contributed by atoms with Gasteiger partial charge in [-0.1, -0.05) is 79.1 Å². The van der Waals surface area contributed by atoms with Crippen molar-refractivity contribution in [3.05, 3.63) is 0 Å². The van der Waals surface area contributed by atoms with Gasteiger partial charge >= 0.3 is 5.97 Å². The highest BCUT2D eigenvalue weighted by Gasteiger charge is 2.31. The summed E-state index contributed by atoms with van der Waals surface area (Å²) in [5, 5.41) is 18.8. The number of aliphatic hydroxyl groups excluding tert-OH is 2. The van der Waals surface area contributed by atoms with Crippen molar-refractivity contribution < 1.29 is 24.2 Å². The van der Waals surface area contributed by atoms with Gasteiger partial charge in [-0.05, 0) is 18.3 Å². The smallest absolute Gasteiger partial charge is 0.306 e. The van der Waals surface area contributed by atoms with Gasteiger partial charge < -0.3 is 19.4 Å². The summed E-state index contributed by atoms with van der Waals surface area (Å²) >= 11 is 0. The topological polar surface area (TPSA) is 66.8 Å². The Bertz CT molecular complexity index is 400. The van der Waals surface area contributed by atoms with Gasteiger partial charge in [0.05, 0.1) is 20.3 Å². The summed E-state index contributed by atoms with van der Waals surface area (Å²) in [7, 11) is 2.01. The van der Waals surface area contributed by atoms with Crippen LogP contribution < -0.4 is 0 Å². The Morgan fingerprint density at radius 1 is 0.897 bits per heavy atom. The van der Waals surface area contributed by atoms with E-state index in [9.17, 15) is 15.0 Å². The van der Waals surface area contributed by atoms with Crippen LogP contribution in [0.3, 0.4) is 0 Å². The van der Waals surface area contributed by atoms with Gasteiger partial charge in [0.15, 0.2) is 6.10 Å². The van der Waals surface area contributed by atoms with Crippen LogP contribution in [0.5, 0.6) is 0 Å². The average molecular weight is 417 g/mol. The van der Waals surface area contributed by atoms with Crippen LogP contribution in [0.1, 0.15) is 98.3 Å². The Balaban J connectivity index is 4.37. The summed E-state index contributed by atoms with van der Waals surface area (Å²) in [6.45, 7) is 10.5. The number of quaternary nitrogens is 1. The normalized spacial score (nSPS) is 13.5. The molecule has 0 amide bonds. The third-order valence-electron chi connectivity index (χ3n) is 5.55. The molecular weight excluding hydrogens is 366 g/mol. The fourth-order valence-corrected chi connectivity index (χ4v) is 3.92. The molecule has 0 aromatic heterocycles. The van der Waals surface area contributed by atoms with Crippen LogP contribution in [0.4, 0.5) is 0 Å². The van der Waals surface area contributed by atoms with Crippen LogP contribution in [-0.2, 0) is 9.53 Å². The highest BCUT2D eigenvalue weighted by molar-refractivity contribution is 5.69. The number of carbonyl (C=O) groups is 1. The van der Waals surface area contributed by atoms with Crippen molar-refractivity contribution in [1.82, 2.24) is 0 Å². The lowest BCUT2D eigenvalue weighted by Gasteiger charge is -2.37. The fraction of sp³-hybridized carbons (Fsp3) is 0.958. The summed E-state index contributed by atoms with van der Waals surface area (Å²) < 4.78 is 6.38. The number of unbranched alkanes of at least 4 members (excludes halogenated alkanes) is 8. The van der Waals surface area contributed by atoms with Crippen molar-refractivity contribution >= 4 is 5.97 Å². The van der Waals surface area contributed by atoms with E-state index in [4.69, 9.17) is 4.74 Å². The predicted octanol–water partition coefficient (Wildman–Crippen LogP) is 4.69. The molecule has 29 heavy (non-hydrogen) atoms. The van der Waals surface area contributed by atoms with Crippen molar-refractivity contribution in [2.24, 2.45) is 5.41 Å². The Kier molecular flexibility index (Phi) is 15.7. The zero-order valence-electron chi connectivity index (χ0n) is 20.0. The van der Waals surface area contributed by atoms with Crippen molar-refractivity contribution in [2.75, 3.05) is 39.9 Å². The molecule has 0 saturated heterocycles. The molecule has 5 heteroatoms. The maximum atomic E-state index is 12.4. The molecule has 1 atom stereocenters. The van der Waals surface area contributed by atoms with E-state index in [-0.39, 0.29) is 30.7 Å². The monoisotopic (exact) mass is 416 g/mol. The van der Waals surface area contributed by atoms with E-state index >= 15 is 0 Å². The lowest BCUT2D eigenvalue weighted by molar-refractivity contribution is -0.912. The van der Waals surface area contributed by atoms with E-state index in [1.54, 1.807) is 0 Å². The molecule has 0 aliphatic heterocycles. The number of rotatable bonds is 18. The molecule has 0 fully saturated rings. The highest BCUT2D eigenvalue weighted by atomic mass is 16.5. The number of ether oxygens (including phenoxy) is 1. The molecule has 0 spiro atoms. The Morgan fingerprint density at radius 2 is 1.38 bits per heavy atom. The number of hydrogen-bond donors (Lipinski definition) is 2. The first-order valence-corrected chi connectivity index (χ1v) is 11.9. The highest BCUT2D eigenvalue weighted by Crippen LogP contribution is 2.25. The van der Waals surface area contributed by atoms with Gasteiger partial charge in [0, 0.05) is 6.42 Å². The minimum atomic E-state index is -0.191. The largest absolute Gasteiger partial charge is 0.456 e. The Labute approximate surface area is 180 Å². The predicted molar refractivity (Wildman–Crippen MR) is 121 cm³/mol. The minimum Gasteiger partial charge on any atom is -0.456 e. The molecule has 0 bridgehead atoms. The lowest BCUT2D eigenvalue weighted by atomic mass is 9.88. The molecular formula is C24H50NO4+. The number of carbonyl (C=O) groups excluding carboxylic acids is 1. The third kappa shape index (κ3) is 16.8. The van der Waals surface area contributed by atoms with Crippen molar-refractivity contribution in [3.63, 3.8) is 0 Å². The van der Waals surface area contributed by atoms with Crippen LogP contribution in [0.2, 0.25) is 0 Å². The molecule has 0 aliphatic rings. The van der Waals surface area contributed by atoms with E-state index in [1.807, 2.05) is 7.05 Å². The van der Waals surface area contributed by atoms with E-state index in [2.05, 4.69) is 27.7 Å². The van der Waals surface area contributed by atoms with E-state index in [1.165, 1.54) is 44.9 Å². The number of aliphatic hydroxyl groups is 2. The van der Waals surface area contributed by atoms with E-state index in [0.29, 0.717) is 30.5 Å². The van der Waals surface area contributed by atoms with Gasteiger partial charge in [-0.2, -0.15) is 0 Å². The SMILES string of the molecule is CCCCCCCCCCCC(=O)O[C@H](CC(C)(C)C)C[N+](C)(CCO)CCO. The third-order valence-corrected chi connectivity index (χ3v) is 5.55. The van der Waals surface area contributed by atoms with Gasteiger partial charge in [-0.3, -0.25) is 4.79 Å². The van der Waals surface area contributed by atoms with Gasteiger partial charge in [0.25, 0.3) is 0 Å². The maximum Gasteiger partial charge on any atom is 0.306 e. The molecule has 0 aromatic carbocycles. The maximum absolute atomic E-state index is 12.4. The quantitative estimate of drug-likeness (QED) is 0.193. The second-order valence-electron chi connectivity index (χ2n) is 10.2. The number of likely N-dealkylation sites (N-methyl/N-ethyl adjacent to an activating group) is 1. The number of hydrogen-bond acceptors (Lipinski definition) is 4. The second kappa shape index (κ2) is 16.1. The molecule has 2 N–H and O–H groups in total. The van der Waals surface area contributed by atoms with Gasteiger partial charge in [-0.25, -0.2) is 0 Å². The van der Waals surface area contributed by atoms with Crippen LogP contribution >= 0.6 is 0 Å². The first kappa shape index (κ1) is 28.4. The number of esters is 1. The summed E-state index contributed by atoms with van der Waals surface area (Å²) in [6.07, 6.45) is 12.2. The molecule has 174 valence electrons. The fourth-order valence-electron chi connectivity index (χ4n) is 3.92. The summed E-state index contributed by atoms with van der Waals surface area (Å²) in [5.41, 5.74) is 0.0476. The van der Waals surface area contributed by atoms with Crippen molar-refractivity contribution in [3.8, 4) is 0 Å². The average Bonchev–Trinajstić information content (AvgIpc) is 2.59. The standard InChI is InChI=1S/C24H50NO4/c1-6-7-8-9-10-11-12-13-14-15-23(28)29-22(20-24(2,3)4)21-25(5,16-18-26)17-19-27/h22,26-27H,6-21H2,1-5H3/q+1/t22-/m1/s1. The molecule has 0 aliphatic carbocycles. The van der Waals surface area contributed by atoms with Gasteiger partial charge in [-0.15, -0.1) is 0 Å². The molecule has 0 rings (SSSR count). The summed E-state index contributed by atoms with van der Waals surface area (Å²) in [6, 6.07) is 0. The number of nitrogens with zero attached hydrogens (tertiary/aromatic N) is 1. The Morgan fingerprint density at radius 3 is 1.83 bits per heavy atom. The zero-order valence-corrected chi connectivity index (χ0v) is 20.0. The first-order valence-electron chi connectivity index (χ1n) is 11.9. The lowest BCUT2D eigenvalue weighted by Crippen LogP contribution is -2.53. The Hall–Kier alpha value is -0.650. The van der Waals surface area contributed by atoms with E-state index in [0.717, 1.165) is 19.3 Å². The molecule has 0 heterocycles. The van der Waals surface area contributed by atoms with Gasteiger partial charge in [0.2, 0.25) is 0 Å². The van der Waals surface area contributed by atoms with Crippen LogP contribution in [0, 0.1) is 5.41 Å². The molecule has 0 aromatic rings. The molecule has 0 radical (unpaired) electrons. The van der Waals surface area contributed by atoms with Crippen molar-refractivity contribution in [2.45, 2.75) is 104 Å². The van der Waals surface area contributed by atoms with Gasteiger partial charge in [0.1, 0.15) is 19.6 Å². The summed E-state index contributed by atoms with van der Waals surface area (Å²) in [5.74, 6) is -0.109. The summed E-state index contributed by atoms with van der Waals surface area (Å²) in [4.78, 5) is 12.4. The molecule has 0 saturated carbocycles. The second-order valence-corrected chi connectivity index (χ2v) is 10.2. The van der Waals surface area contributed by atoms with Crippen LogP contribution in [0.25, 0.3) is 0 Å². The van der Waals surface area contributed by atoms with E-state index < -0.39 is 0 Å².